The second kappa shape index (κ2) is 6.25. The summed E-state index contributed by atoms with van der Waals surface area (Å²) in [5, 5.41) is 4.60. The van der Waals surface area contributed by atoms with Gasteiger partial charge in [0, 0.05) is 31.2 Å². The van der Waals surface area contributed by atoms with E-state index in [4.69, 9.17) is 5.73 Å². The van der Waals surface area contributed by atoms with Gasteiger partial charge >= 0.3 is 0 Å². The number of carbonyl (C=O) groups excluding carboxylic acids is 1. The number of rotatable bonds is 4. The van der Waals surface area contributed by atoms with E-state index in [2.05, 4.69) is 47.3 Å². The number of benzene rings is 1. The highest BCUT2D eigenvalue weighted by Gasteiger charge is 2.43. The molecule has 4 heteroatoms. The molecule has 1 aromatic heterocycles. The number of hydrogen-bond donors (Lipinski definition) is 2. The van der Waals surface area contributed by atoms with Crippen molar-refractivity contribution >= 4 is 16.8 Å². The van der Waals surface area contributed by atoms with Crippen LogP contribution in [-0.2, 0) is 4.79 Å². The molecule has 24 heavy (non-hydrogen) atoms. The molecule has 2 unspecified atom stereocenters. The molecule has 3 N–H and O–H groups in total. The van der Waals surface area contributed by atoms with Gasteiger partial charge in [0.15, 0.2) is 0 Å². The zero-order valence-corrected chi connectivity index (χ0v) is 14.4. The van der Waals surface area contributed by atoms with E-state index in [1.807, 2.05) is 0 Å². The molecule has 4 nitrogen and oxygen atoms in total. The van der Waals surface area contributed by atoms with Gasteiger partial charge in [-0.15, -0.1) is 0 Å². The standard InChI is InChI=1S/C20H27N3O/c1-13-3-2-4-14-8-10-23(20(13)14)17-11-15-5-6-16(12-17)19(15)22-18(24)7-9-21/h2-4,8,10,15-17,19H,5-7,9,11-12,21H2,1H3,(H,22,24). The largest absolute Gasteiger partial charge is 0.353 e. The summed E-state index contributed by atoms with van der Waals surface area (Å²) in [7, 11) is 0. The Kier molecular flexibility index (Phi) is 4.09. The van der Waals surface area contributed by atoms with Gasteiger partial charge in [-0.1, -0.05) is 18.2 Å². The van der Waals surface area contributed by atoms with Gasteiger partial charge in [-0.05, 0) is 61.5 Å². The summed E-state index contributed by atoms with van der Waals surface area (Å²) >= 11 is 0. The fraction of sp³-hybridized carbons (Fsp3) is 0.550. The lowest BCUT2D eigenvalue weighted by Gasteiger charge is -2.37. The van der Waals surface area contributed by atoms with Crippen LogP contribution in [0.2, 0.25) is 0 Å². The highest BCUT2D eigenvalue weighted by molar-refractivity contribution is 5.83. The molecule has 2 aliphatic carbocycles. The van der Waals surface area contributed by atoms with Crippen LogP contribution >= 0.6 is 0 Å². The predicted molar refractivity (Wildman–Crippen MR) is 96.8 cm³/mol. The van der Waals surface area contributed by atoms with E-state index in [-0.39, 0.29) is 5.91 Å². The highest BCUT2D eigenvalue weighted by atomic mass is 16.1. The number of hydrogen-bond acceptors (Lipinski definition) is 2. The van der Waals surface area contributed by atoms with E-state index in [0.717, 1.165) is 0 Å². The van der Waals surface area contributed by atoms with E-state index in [1.54, 1.807) is 0 Å². The third-order valence-electron chi connectivity index (χ3n) is 6.11. The third kappa shape index (κ3) is 2.63. The smallest absolute Gasteiger partial charge is 0.221 e. The summed E-state index contributed by atoms with van der Waals surface area (Å²) in [4.78, 5) is 12.0. The Hall–Kier alpha value is -1.81. The number of nitrogens with one attached hydrogen (secondary N) is 1. The van der Waals surface area contributed by atoms with Gasteiger partial charge in [-0.3, -0.25) is 4.79 Å². The Morgan fingerprint density at radius 2 is 2.00 bits per heavy atom. The monoisotopic (exact) mass is 325 g/mol. The molecule has 2 saturated carbocycles. The maximum atomic E-state index is 12.0. The fourth-order valence-electron chi connectivity index (χ4n) is 5.06. The summed E-state index contributed by atoms with van der Waals surface area (Å²) in [5.74, 6) is 1.34. The molecular weight excluding hydrogens is 298 g/mol. The molecule has 2 atom stereocenters. The van der Waals surface area contributed by atoms with Gasteiger partial charge in [-0.2, -0.15) is 0 Å². The predicted octanol–water partition coefficient (Wildman–Crippen LogP) is 3.14. The Morgan fingerprint density at radius 1 is 1.25 bits per heavy atom. The summed E-state index contributed by atoms with van der Waals surface area (Å²) in [6.45, 7) is 2.64. The lowest BCUT2D eigenvalue weighted by molar-refractivity contribution is -0.122. The topological polar surface area (TPSA) is 60.0 Å². The average Bonchev–Trinajstić information content (AvgIpc) is 3.07. The van der Waals surface area contributed by atoms with Crippen molar-refractivity contribution in [2.75, 3.05) is 6.54 Å². The first kappa shape index (κ1) is 15.7. The molecule has 2 bridgehead atoms. The zero-order valence-electron chi connectivity index (χ0n) is 14.4. The van der Waals surface area contributed by atoms with Crippen LogP contribution in [0.5, 0.6) is 0 Å². The van der Waals surface area contributed by atoms with Crippen molar-refractivity contribution < 1.29 is 4.79 Å². The lowest BCUT2D eigenvalue weighted by atomic mass is 9.80. The third-order valence-corrected chi connectivity index (χ3v) is 6.11. The van der Waals surface area contributed by atoms with Crippen molar-refractivity contribution in [3.63, 3.8) is 0 Å². The van der Waals surface area contributed by atoms with Gasteiger partial charge < -0.3 is 15.6 Å². The number of para-hydroxylation sites is 1. The molecule has 1 heterocycles. The first-order valence-corrected chi connectivity index (χ1v) is 9.23. The molecular formula is C20H27N3O. The van der Waals surface area contributed by atoms with Crippen LogP contribution in [0.3, 0.4) is 0 Å². The van der Waals surface area contributed by atoms with Crippen molar-refractivity contribution in [3.05, 3.63) is 36.0 Å². The number of nitrogens with two attached hydrogens (primary N) is 1. The van der Waals surface area contributed by atoms with E-state index in [9.17, 15) is 4.79 Å². The molecule has 2 aromatic rings. The highest BCUT2D eigenvalue weighted by Crippen LogP contribution is 2.47. The van der Waals surface area contributed by atoms with Gasteiger partial charge in [0.25, 0.3) is 0 Å². The van der Waals surface area contributed by atoms with Crippen molar-refractivity contribution in [1.29, 1.82) is 0 Å². The maximum absolute atomic E-state index is 12.0. The number of nitrogens with zero attached hydrogens (tertiary/aromatic N) is 1. The number of aryl methyl sites for hydroxylation is 1. The van der Waals surface area contributed by atoms with Crippen molar-refractivity contribution in [2.45, 2.75) is 51.1 Å². The van der Waals surface area contributed by atoms with Crippen LogP contribution in [0.15, 0.2) is 30.5 Å². The first-order valence-electron chi connectivity index (χ1n) is 9.23. The minimum Gasteiger partial charge on any atom is -0.353 e. The first-order chi connectivity index (χ1) is 11.7. The molecule has 128 valence electrons. The van der Waals surface area contributed by atoms with Crippen molar-refractivity contribution in [1.82, 2.24) is 9.88 Å². The van der Waals surface area contributed by atoms with Gasteiger partial charge in [0.1, 0.15) is 0 Å². The summed E-state index contributed by atoms with van der Waals surface area (Å²) in [5.41, 5.74) is 8.24. The lowest BCUT2D eigenvalue weighted by Crippen LogP contribution is -2.45. The van der Waals surface area contributed by atoms with Gasteiger partial charge in [0.05, 0.1) is 5.52 Å². The molecule has 4 rings (SSSR count). The number of amides is 1. The summed E-state index contributed by atoms with van der Waals surface area (Å²) in [6, 6.07) is 9.69. The van der Waals surface area contributed by atoms with Crippen molar-refractivity contribution in [2.24, 2.45) is 17.6 Å². The maximum Gasteiger partial charge on any atom is 0.221 e. The number of carbonyl (C=O) groups is 1. The minimum atomic E-state index is 0.125. The molecule has 2 fully saturated rings. The molecule has 1 amide bonds. The van der Waals surface area contributed by atoms with E-state index in [0.29, 0.717) is 36.9 Å². The van der Waals surface area contributed by atoms with Crippen LogP contribution in [0, 0.1) is 18.8 Å². The van der Waals surface area contributed by atoms with E-state index >= 15 is 0 Å². The van der Waals surface area contributed by atoms with Crippen molar-refractivity contribution in [3.8, 4) is 0 Å². The molecule has 1 aromatic carbocycles. The Balaban J connectivity index is 1.55. The second-order valence-electron chi connectivity index (χ2n) is 7.59. The number of fused-ring (bicyclic) bond motifs is 3. The van der Waals surface area contributed by atoms with E-state index < -0.39 is 0 Å². The number of aromatic nitrogens is 1. The zero-order chi connectivity index (χ0) is 16.7. The minimum absolute atomic E-state index is 0.125. The van der Waals surface area contributed by atoms with Gasteiger partial charge in [0.2, 0.25) is 5.91 Å². The molecule has 0 spiro atoms. The van der Waals surface area contributed by atoms with Crippen LogP contribution in [0.4, 0.5) is 0 Å². The second-order valence-corrected chi connectivity index (χ2v) is 7.59. The average molecular weight is 325 g/mol. The molecule has 0 saturated heterocycles. The van der Waals surface area contributed by atoms with Crippen LogP contribution < -0.4 is 11.1 Å². The van der Waals surface area contributed by atoms with Crippen LogP contribution in [0.1, 0.15) is 43.7 Å². The van der Waals surface area contributed by atoms with Crippen LogP contribution in [0.25, 0.3) is 10.9 Å². The Labute approximate surface area is 143 Å². The quantitative estimate of drug-likeness (QED) is 0.907. The molecule has 2 aliphatic rings. The molecule has 0 aliphatic heterocycles. The molecule has 0 radical (unpaired) electrons. The fourth-order valence-corrected chi connectivity index (χ4v) is 5.06. The van der Waals surface area contributed by atoms with Crippen LogP contribution in [-0.4, -0.2) is 23.1 Å². The normalized spacial score (nSPS) is 29.1. The summed E-state index contributed by atoms with van der Waals surface area (Å²) in [6.07, 6.45) is 7.53. The Bertz CT molecular complexity index is 736. The van der Waals surface area contributed by atoms with Gasteiger partial charge in [-0.25, -0.2) is 0 Å². The Morgan fingerprint density at radius 3 is 2.71 bits per heavy atom. The summed E-state index contributed by atoms with van der Waals surface area (Å²) < 4.78 is 2.49. The van der Waals surface area contributed by atoms with E-state index in [1.165, 1.54) is 42.1 Å². The SMILES string of the molecule is Cc1cccc2ccn(C3CC4CCC(C3)C4NC(=O)CCN)c12.